The maximum absolute atomic E-state index is 12.4. The molecule has 0 bridgehead atoms. The van der Waals surface area contributed by atoms with Gasteiger partial charge in [0.25, 0.3) is 5.91 Å². The van der Waals surface area contributed by atoms with E-state index in [1.807, 2.05) is 6.07 Å². The van der Waals surface area contributed by atoms with Crippen LogP contribution in [0.15, 0.2) is 24.3 Å². The summed E-state index contributed by atoms with van der Waals surface area (Å²) >= 11 is 0. The summed E-state index contributed by atoms with van der Waals surface area (Å²) in [6, 6.07) is 7.42. The van der Waals surface area contributed by atoms with Gasteiger partial charge < -0.3 is 16.0 Å². The van der Waals surface area contributed by atoms with Gasteiger partial charge in [-0.05, 0) is 43.4 Å². The summed E-state index contributed by atoms with van der Waals surface area (Å²) in [6.07, 6.45) is 5.88. The smallest absolute Gasteiger partial charge is 0.251 e. The largest absolute Gasteiger partial charge is 0.355 e. The number of nitrogens with one attached hydrogen (secondary N) is 3. The molecule has 1 saturated carbocycles. The van der Waals surface area contributed by atoms with Gasteiger partial charge in [-0.3, -0.25) is 9.59 Å². The third-order valence-electron chi connectivity index (χ3n) is 4.80. The van der Waals surface area contributed by atoms with Gasteiger partial charge in [-0.2, -0.15) is 0 Å². The summed E-state index contributed by atoms with van der Waals surface area (Å²) in [5, 5.41) is 8.99. The Morgan fingerprint density at radius 2 is 2.05 bits per heavy atom. The molecule has 3 N–H and O–H groups in total. The van der Waals surface area contributed by atoms with Crippen molar-refractivity contribution in [2.75, 3.05) is 12.4 Å². The van der Waals surface area contributed by atoms with E-state index in [1.165, 1.54) is 25.7 Å². The normalized spacial score (nSPS) is 27.0. The maximum atomic E-state index is 12.4. The van der Waals surface area contributed by atoms with Crippen LogP contribution in [0.3, 0.4) is 0 Å². The lowest BCUT2D eigenvalue weighted by atomic mass is 9.85. The summed E-state index contributed by atoms with van der Waals surface area (Å²) in [4.78, 5) is 24.1. The van der Waals surface area contributed by atoms with Crippen molar-refractivity contribution in [3.05, 3.63) is 29.8 Å². The quantitative estimate of drug-likeness (QED) is 0.798. The maximum Gasteiger partial charge on any atom is 0.251 e. The van der Waals surface area contributed by atoms with Crippen molar-refractivity contribution < 1.29 is 9.59 Å². The second kappa shape index (κ2) is 6.48. The van der Waals surface area contributed by atoms with E-state index in [9.17, 15) is 9.59 Å². The Balaban J connectivity index is 1.63. The minimum Gasteiger partial charge on any atom is -0.355 e. The molecule has 1 aliphatic heterocycles. The SMILES string of the molecule is CNC(=O)c1cccc(NC(=O)C2CC3CCCCC3N2)c1. The molecule has 3 rings (SSSR count). The van der Waals surface area contributed by atoms with E-state index in [0.717, 1.165) is 6.42 Å². The standard InChI is InChI=1S/C17H23N3O2/c1-18-16(21)12-6-4-7-13(9-12)19-17(22)15-10-11-5-2-3-8-14(11)20-15/h4,6-7,9,11,14-15,20H,2-3,5,8,10H2,1H3,(H,18,21)(H,19,22). The molecule has 0 spiro atoms. The molecule has 22 heavy (non-hydrogen) atoms. The van der Waals surface area contributed by atoms with Gasteiger partial charge in [0, 0.05) is 24.3 Å². The van der Waals surface area contributed by atoms with Crippen LogP contribution in [0.1, 0.15) is 42.5 Å². The van der Waals surface area contributed by atoms with Crippen molar-refractivity contribution in [3.63, 3.8) is 0 Å². The molecule has 0 aromatic heterocycles. The van der Waals surface area contributed by atoms with Crippen molar-refractivity contribution in [2.45, 2.75) is 44.2 Å². The van der Waals surface area contributed by atoms with Crippen molar-refractivity contribution in [3.8, 4) is 0 Å². The Bertz CT molecular complexity index is 559. The molecule has 2 aliphatic rings. The predicted molar refractivity (Wildman–Crippen MR) is 85.7 cm³/mol. The molecule has 1 aliphatic carbocycles. The van der Waals surface area contributed by atoms with Gasteiger partial charge in [0.2, 0.25) is 5.91 Å². The highest BCUT2D eigenvalue weighted by molar-refractivity contribution is 5.98. The lowest BCUT2D eigenvalue weighted by Crippen LogP contribution is -2.39. The Labute approximate surface area is 130 Å². The van der Waals surface area contributed by atoms with Gasteiger partial charge in [-0.25, -0.2) is 0 Å². The minimum absolute atomic E-state index is 0.00320. The molecule has 1 aromatic rings. The third-order valence-corrected chi connectivity index (χ3v) is 4.80. The van der Waals surface area contributed by atoms with Gasteiger partial charge in [0.15, 0.2) is 0 Å². The Kier molecular flexibility index (Phi) is 4.43. The Morgan fingerprint density at radius 3 is 2.82 bits per heavy atom. The average molecular weight is 301 g/mol. The number of fused-ring (bicyclic) bond motifs is 1. The van der Waals surface area contributed by atoms with Crippen molar-refractivity contribution in [1.82, 2.24) is 10.6 Å². The fourth-order valence-corrected chi connectivity index (χ4v) is 3.63. The first-order valence-corrected chi connectivity index (χ1v) is 8.06. The van der Waals surface area contributed by atoms with E-state index in [-0.39, 0.29) is 17.9 Å². The van der Waals surface area contributed by atoms with Gasteiger partial charge in [0.05, 0.1) is 6.04 Å². The molecule has 1 aromatic carbocycles. The van der Waals surface area contributed by atoms with Gasteiger partial charge in [-0.1, -0.05) is 18.9 Å². The van der Waals surface area contributed by atoms with Crippen LogP contribution < -0.4 is 16.0 Å². The first-order chi connectivity index (χ1) is 10.7. The highest BCUT2D eigenvalue weighted by atomic mass is 16.2. The molecule has 3 atom stereocenters. The zero-order valence-corrected chi connectivity index (χ0v) is 12.9. The number of carbonyl (C=O) groups is 2. The van der Waals surface area contributed by atoms with Crippen LogP contribution >= 0.6 is 0 Å². The molecule has 1 saturated heterocycles. The predicted octanol–water partition coefficient (Wildman–Crippen LogP) is 1.91. The second-order valence-corrected chi connectivity index (χ2v) is 6.26. The monoisotopic (exact) mass is 301 g/mol. The third kappa shape index (κ3) is 3.14. The Morgan fingerprint density at radius 1 is 1.23 bits per heavy atom. The molecule has 2 amide bonds. The highest BCUT2D eigenvalue weighted by Gasteiger charge is 2.38. The van der Waals surface area contributed by atoms with Crippen LogP contribution in [-0.2, 0) is 4.79 Å². The molecule has 3 unspecified atom stereocenters. The number of anilines is 1. The van der Waals surface area contributed by atoms with Gasteiger partial charge in [-0.15, -0.1) is 0 Å². The van der Waals surface area contributed by atoms with E-state index in [4.69, 9.17) is 0 Å². The van der Waals surface area contributed by atoms with E-state index >= 15 is 0 Å². The molecular weight excluding hydrogens is 278 g/mol. The van der Waals surface area contributed by atoms with Crippen molar-refractivity contribution >= 4 is 17.5 Å². The summed E-state index contributed by atoms with van der Waals surface area (Å²) in [7, 11) is 1.60. The molecule has 2 fully saturated rings. The second-order valence-electron chi connectivity index (χ2n) is 6.26. The number of carbonyl (C=O) groups excluding carboxylic acids is 2. The zero-order valence-electron chi connectivity index (χ0n) is 12.9. The van der Waals surface area contributed by atoms with E-state index in [2.05, 4.69) is 16.0 Å². The average Bonchev–Trinajstić information content (AvgIpc) is 2.98. The molecule has 118 valence electrons. The van der Waals surface area contributed by atoms with Crippen LogP contribution in [0, 0.1) is 5.92 Å². The zero-order chi connectivity index (χ0) is 15.5. The lowest BCUT2D eigenvalue weighted by Gasteiger charge is -2.24. The molecule has 5 nitrogen and oxygen atoms in total. The molecule has 1 heterocycles. The van der Waals surface area contributed by atoms with Crippen LogP contribution in [-0.4, -0.2) is 30.9 Å². The molecule has 0 radical (unpaired) electrons. The topological polar surface area (TPSA) is 70.2 Å². The van der Waals surface area contributed by atoms with Crippen molar-refractivity contribution in [2.24, 2.45) is 5.92 Å². The van der Waals surface area contributed by atoms with Gasteiger partial charge >= 0.3 is 0 Å². The van der Waals surface area contributed by atoms with E-state index in [1.54, 1.807) is 25.2 Å². The first-order valence-electron chi connectivity index (χ1n) is 8.06. The van der Waals surface area contributed by atoms with E-state index < -0.39 is 0 Å². The fourth-order valence-electron chi connectivity index (χ4n) is 3.63. The summed E-state index contributed by atoms with van der Waals surface area (Å²) in [5.74, 6) is 0.492. The molecule has 5 heteroatoms. The fraction of sp³-hybridized carbons (Fsp3) is 0.529. The Hall–Kier alpha value is -1.88. The number of benzene rings is 1. The van der Waals surface area contributed by atoms with Crippen LogP contribution in [0.4, 0.5) is 5.69 Å². The summed E-state index contributed by atoms with van der Waals surface area (Å²) in [5.41, 5.74) is 1.22. The number of hydrogen-bond donors (Lipinski definition) is 3. The lowest BCUT2D eigenvalue weighted by molar-refractivity contribution is -0.117. The highest BCUT2D eigenvalue weighted by Crippen LogP contribution is 2.33. The van der Waals surface area contributed by atoms with E-state index in [0.29, 0.717) is 23.2 Å². The number of amides is 2. The minimum atomic E-state index is -0.152. The van der Waals surface area contributed by atoms with Crippen LogP contribution in [0.2, 0.25) is 0 Å². The van der Waals surface area contributed by atoms with Crippen LogP contribution in [0.25, 0.3) is 0 Å². The van der Waals surface area contributed by atoms with Crippen LogP contribution in [0.5, 0.6) is 0 Å². The molecular formula is C17H23N3O2. The number of hydrogen-bond acceptors (Lipinski definition) is 3. The number of rotatable bonds is 3. The first kappa shape index (κ1) is 15.0. The summed E-state index contributed by atoms with van der Waals surface area (Å²) < 4.78 is 0. The van der Waals surface area contributed by atoms with Gasteiger partial charge in [0.1, 0.15) is 0 Å². The summed E-state index contributed by atoms with van der Waals surface area (Å²) in [6.45, 7) is 0. The van der Waals surface area contributed by atoms with Crippen molar-refractivity contribution in [1.29, 1.82) is 0 Å².